The molecule has 1 aliphatic heterocycles. The van der Waals surface area contributed by atoms with Crippen LogP contribution in [0.15, 0.2) is 16.8 Å². The van der Waals surface area contributed by atoms with Crippen LogP contribution in [-0.2, 0) is 19.1 Å². The molecule has 0 fully saturated rings. The summed E-state index contributed by atoms with van der Waals surface area (Å²) in [5.41, 5.74) is -0.630. The van der Waals surface area contributed by atoms with E-state index in [2.05, 4.69) is 10.1 Å². The van der Waals surface area contributed by atoms with Crippen LogP contribution in [0.4, 0.5) is 13.2 Å². The molecule has 1 amide bonds. The SMILES string of the molecule is Cc1cc(C(=O)N(C)C[C@@H]2CCc3nc(C(F)(F)F)cn3C2)no1. The third-order valence-corrected chi connectivity index (χ3v) is 4.11. The summed E-state index contributed by atoms with van der Waals surface area (Å²) in [5.74, 6) is 0.792. The van der Waals surface area contributed by atoms with E-state index in [0.717, 1.165) is 6.20 Å². The van der Waals surface area contributed by atoms with Crippen molar-refractivity contribution in [1.82, 2.24) is 19.6 Å². The maximum atomic E-state index is 12.7. The Hall–Kier alpha value is -2.32. The minimum absolute atomic E-state index is 0.0646. The average molecular weight is 342 g/mol. The molecule has 1 atom stereocenters. The summed E-state index contributed by atoms with van der Waals surface area (Å²) in [5, 5.41) is 3.69. The van der Waals surface area contributed by atoms with Crippen molar-refractivity contribution in [3.8, 4) is 0 Å². The second-order valence-corrected chi connectivity index (χ2v) is 6.11. The lowest BCUT2D eigenvalue weighted by molar-refractivity contribution is -0.141. The van der Waals surface area contributed by atoms with Gasteiger partial charge in [-0.2, -0.15) is 13.2 Å². The normalized spacial score (nSPS) is 17.6. The van der Waals surface area contributed by atoms with Crippen molar-refractivity contribution >= 4 is 5.91 Å². The van der Waals surface area contributed by atoms with Gasteiger partial charge < -0.3 is 14.0 Å². The Morgan fingerprint density at radius 2 is 2.25 bits per heavy atom. The number of rotatable bonds is 3. The number of carbonyl (C=O) groups excluding carboxylic acids is 1. The van der Waals surface area contributed by atoms with Crippen molar-refractivity contribution in [2.24, 2.45) is 5.92 Å². The molecule has 0 spiro atoms. The second kappa shape index (κ2) is 5.95. The molecule has 0 aromatic carbocycles. The summed E-state index contributed by atoms with van der Waals surface area (Å²) in [6.07, 6.45) is -2.24. The number of nitrogens with zero attached hydrogens (tertiary/aromatic N) is 4. The van der Waals surface area contributed by atoms with Gasteiger partial charge in [0.25, 0.3) is 5.91 Å². The molecule has 130 valence electrons. The predicted molar refractivity (Wildman–Crippen MR) is 77.2 cm³/mol. The fourth-order valence-electron chi connectivity index (χ4n) is 2.93. The quantitative estimate of drug-likeness (QED) is 0.860. The summed E-state index contributed by atoms with van der Waals surface area (Å²) >= 11 is 0. The number of imidazole rings is 1. The third-order valence-electron chi connectivity index (χ3n) is 4.11. The fraction of sp³-hybridized carbons (Fsp3) is 0.533. The van der Waals surface area contributed by atoms with Gasteiger partial charge in [-0.1, -0.05) is 5.16 Å². The first kappa shape index (κ1) is 16.5. The molecule has 0 radical (unpaired) electrons. The summed E-state index contributed by atoms with van der Waals surface area (Å²) < 4.78 is 44.6. The first-order valence-electron chi connectivity index (χ1n) is 7.56. The van der Waals surface area contributed by atoms with Gasteiger partial charge >= 0.3 is 6.18 Å². The van der Waals surface area contributed by atoms with Crippen LogP contribution in [-0.4, -0.2) is 39.1 Å². The Balaban J connectivity index is 1.65. The van der Waals surface area contributed by atoms with Crippen molar-refractivity contribution in [2.75, 3.05) is 13.6 Å². The molecular weight excluding hydrogens is 325 g/mol. The van der Waals surface area contributed by atoms with Crippen LogP contribution >= 0.6 is 0 Å². The van der Waals surface area contributed by atoms with Crippen molar-refractivity contribution in [3.63, 3.8) is 0 Å². The summed E-state index contributed by atoms with van der Waals surface area (Å²) in [6.45, 7) is 2.54. The predicted octanol–water partition coefficient (Wildman–Crippen LogP) is 2.53. The topological polar surface area (TPSA) is 64.2 Å². The molecule has 9 heteroatoms. The fourth-order valence-corrected chi connectivity index (χ4v) is 2.93. The molecule has 1 aliphatic rings. The lowest BCUT2D eigenvalue weighted by atomic mass is 9.99. The van der Waals surface area contributed by atoms with Gasteiger partial charge in [0.1, 0.15) is 11.6 Å². The number of fused-ring (bicyclic) bond motifs is 1. The number of carbonyl (C=O) groups is 1. The second-order valence-electron chi connectivity index (χ2n) is 6.11. The number of amides is 1. The van der Waals surface area contributed by atoms with E-state index in [1.807, 2.05) is 0 Å². The smallest absolute Gasteiger partial charge is 0.361 e. The molecule has 2 aromatic heterocycles. The van der Waals surface area contributed by atoms with E-state index in [1.54, 1.807) is 20.0 Å². The molecular formula is C15H17F3N4O2. The van der Waals surface area contributed by atoms with Crippen LogP contribution in [0.3, 0.4) is 0 Å². The van der Waals surface area contributed by atoms with Crippen molar-refractivity contribution < 1.29 is 22.5 Å². The van der Waals surface area contributed by atoms with Crippen molar-refractivity contribution in [1.29, 1.82) is 0 Å². The Morgan fingerprint density at radius 3 is 2.88 bits per heavy atom. The number of halogens is 3. The molecule has 0 unspecified atom stereocenters. The molecule has 0 saturated carbocycles. The highest BCUT2D eigenvalue weighted by atomic mass is 19.4. The van der Waals surface area contributed by atoms with Crippen LogP contribution in [0, 0.1) is 12.8 Å². The number of alkyl halides is 3. The monoisotopic (exact) mass is 342 g/mol. The summed E-state index contributed by atoms with van der Waals surface area (Å²) in [4.78, 5) is 17.4. The molecule has 3 heterocycles. The lowest BCUT2D eigenvalue weighted by Crippen LogP contribution is -2.35. The number of aryl methyl sites for hydroxylation is 2. The average Bonchev–Trinajstić information content (AvgIpc) is 3.11. The van der Waals surface area contributed by atoms with Gasteiger partial charge in [0, 0.05) is 38.8 Å². The van der Waals surface area contributed by atoms with E-state index in [4.69, 9.17) is 4.52 Å². The number of hydrogen-bond donors (Lipinski definition) is 0. The van der Waals surface area contributed by atoms with Gasteiger partial charge in [-0.15, -0.1) is 0 Å². The molecule has 24 heavy (non-hydrogen) atoms. The molecule has 3 rings (SSSR count). The highest BCUT2D eigenvalue weighted by Crippen LogP contribution is 2.30. The molecule has 0 bridgehead atoms. The largest absolute Gasteiger partial charge is 0.434 e. The van der Waals surface area contributed by atoms with E-state index in [0.29, 0.717) is 37.5 Å². The Bertz CT molecular complexity index is 750. The summed E-state index contributed by atoms with van der Waals surface area (Å²) in [7, 11) is 1.65. The molecule has 0 N–H and O–H groups in total. The summed E-state index contributed by atoms with van der Waals surface area (Å²) in [6, 6.07) is 1.56. The van der Waals surface area contributed by atoms with Crippen molar-refractivity contribution in [2.45, 2.75) is 32.5 Å². The zero-order chi connectivity index (χ0) is 17.5. The van der Waals surface area contributed by atoms with Gasteiger partial charge in [-0.05, 0) is 19.3 Å². The van der Waals surface area contributed by atoms with E-state index in [1.165, 1.54) is 9.47 Å². The van der Waals surface area contributed by atoms with Gasteiger partial charge in [0.15, 0.2) is 11.4 Å². The van der Waals surface area contributed by atoms with E-state index >= 15 is 0 Å². The van der Waals surface area contributed by atoms with Crippen LogP contribution in [0.2, 0.25) is 0 Å². The van der Waals surface area contributed by atoms with Crippen molar-refractivity contribution in [3.05, 3.63) is 35.2 Å². The molecule has 0 aliphatic carbocycles. The minimum atomic E-state index is -4.43. The van der Waals surface area contributed by atoms with Crippen LogP contribution in [0.5, 0.6) is 0 Å². The highest BCUT2D eigenvalue weighted by Gasteiger charge is 2.36. The lowest BCUT2D eigenvalue weighted by Gasteiger charge is -2.27. The number of hydrogen-bond acceptors (Lipinski definition) is 4. The molecule has 0 saturated heterocycles. The third kappa shape index (κ3) is 3.29. The zero-order valence-corrected chi connectivity index (χ0v) is 13.3. The van der Waals surface area contributed by atoms with E-state index in [9.17, 15) is 18.0 Å². The van der Waals surface area contributed by atoms with Crippen LogP contribution in [0.1, 0.15) is 34.2 Å². The molecule has 6 nitrogen and oxygen atoms in total. The van der Waals surface area contributed by atoms with Gasteiger partial charge in [-0.3, -0.25) is 4.79 Å². The van der Waals surface area contributed by atoms with Crippen LogP contribution in [0.25, 0.3) is 0 Å². The maximum Gasteiger partial charge on any atom is 0.434 e. The van der Waals surface area contributed by atoms with Gasteiger partial charge in [0.2, 0.25) is 0 Å². The maximum absolute atomic E-state index is 12.7. The van der Waals surface area contributed by atoms with Gasteiger partial charge in [0.05, 0.1) is 0 Å². The highest BCUT2D eigenvalue weighted by molar-refractivity contribution is 5.92. The Labute approximate surface area is 136 Å². The minimum Gasteiger partial charge on any atom is -0.361 e. The number of aromatic nitrogens is 3. The van der Waals surface area contributed by atoms with Crippen LogP contribution < -0.4 is 0 Å². The van der Waals surface area contributed by atoms with Gasteiger partial charge in [-0.25, -0.2) is 4.98 Å². The molecule has 2 aromatic rings. The van der Waals surface area contributed by atoms with E-state index in [-0.39, 0.29) is 17.5 Å². The first-order chi connectivity index (χ1) is 11.2. The standard InChI is InChI=1S/C15H17F3N4O2/c1-9-5-11(20-24-9)14(23)21(2)6-10-3-4-13-19-12(15(16,17)18)8-22(13)7-10/h5,8,10H,3-4,6-7H2,1-2H3/t10-/m0/s1. The van der Waals surface area contributed by atoms with E-state index < -0.39 is 11.9 Å². The zero-order valence-electron chi connectivity index (χ0n) is 13.3. The Morgan fingerprint density at radius 1 is 1.50 bits per heavy atom. The first-order valence-corrected chi connectivity index (χ1v) is 7.56. The Kier molecular flexibility index (Phi) is 4.10.